The lowest BCUT2D eigenvalue weighted by Crippen LogP contribution is -2.54. The molecule has 1 N–H and O–H groups in total. The van der Waals surface area contributed by atoms with E-state index >= 15 is 0 Å². The lowest BCUT2D eigenvalue weighted by molar-refractivity contribution is 0.0219. The summed E-state index contributed by atoms with van der Waals surface area (Å²) in [7, 11) is 1.71. The molecule has 29 heavy (non-hydrogen) atoms. The molecule has 2 aliphatic heterocycles. The molecule has 3 rings (SSSR count). The van der Waals surface area contributed by atoms with Crippen molar-refractivity contribution in [1.29, 1.82) is 0 Å². The minimum atomic E-state index is -0.481. The van der Waals surface area contributed by atoms with Gasteiger partial charge in [-0.1, -0.05) is 0 Å². The number of carbonyl (C=O) groups excluding carboxylic acids is 1. The Balaban J connectivity index is 1.72. The van der Waals surface area contributed by atoms with Gasteiger partial charge in [0, 0.05) is 62.8 Å². The predicted molar refractivity (Wildman–Crippen MR) is 115 cm³/mol. The van der Waals surface area contributed by atoms with Gasteiger partial charge in [-0.15, -0.1) is 0 Å². The quantitative estimate of drug-likeness (QED) is 0.831. The molecule has 1 aromatic rings. The maximum atomic E-state index is 12.4. The number of hydrogen-bond acceptors (Lipinski definition) is 6. The highest BCUT2D eigenvalue weighted by Crippen LogP contribution is 2.31. The third kappa shape index (κ3) is 5.34. The van der Waals surface area contributed by atoms with E-state index in [1.54, 1.807) is 12.0 Å². The van der Waals surface area contributed by atoms with Gasteiger partial charge in [0.1, 0.15) is 5.60 Å². The molecule has 2 aliphatic rings. The highest BCUT2D eigenvalue weighted by atomic mass is 16.6. The Kier molecular flexibility index (Phi) is 6.58. The molecule has 0 unspecified atom stereocenters. The average molecular weight is 406 g/mol. The Morgan fingerprint density at radius 3 is 2.55 bits per heavy atom. The summed E-state index contributed by atoms with van der Waals surface area (Å²) < 4.78 is 11.0. The summed E-state index contributed by atoms with van der Waals surface area (Å²) >= 11 is 0. The predicted octanol–water partition coefficient (Wildman–Crippen LogP) is 2.85. The molecule has 0 aliphatic carbocycles. The number of piperazine rings is 1. The smallest absolute Gasteiger partial charge is 0.410 e. The van der Waals surface area contributed by atoms with Crippen LogP contribution in [0, 0.1) is 0 Å². The minimum Gasteiger partial charge on any atom is -0.444 e. The summed E-state index contributed by atoms with van der Waals surface area (Å²) in [6.45, 7) is 11.9. The Morgan fingerprint density at radius 2 is 1.97 bits per heavy atom. The fraction of sp³-hybridized carbons (Fsp3) is 0.682. The van der Waals surface area contributed by atoms with Gasteiger partial charge >= 0.3 is 6.09 Å². The van der Waals surface area contributed by atoms with Crippen LogP contribution in [0.25, 0.3) is 0 Å². The Labute approximate surface area is 174 Å². The fourth-order valence-electron chi connectivity index (χ4n) is 4.12. The van der Waals surface area contributed by atoms with E-state index < -0.39 is 5.60 Å². The monoisotopic (exact) mass is 405 g/mol. The van der Waals surface area contributed by atoms with Crippen molar-refractivity contribution in [1.82, 2.24) is 4.90 Å². The second-order valence-electron chi connectivity index (χ2n) is 9.10. The summed E-state index contributed by atoms with van der Waals surface area (Å²) in [6, 6.07) is 6.64. The number of β-amino-alcohol motifs (C(OH)–C–C–N with tert-alkyl or cyclic N) is 1. The van der Waals surface area contributed by atoms with Gasteiger partial charge in [-0.05, 0) is 52.3 Å². The average Bonchev–Trinajstić information content (AvgIpc) is 3.06. The highest BCUT2D eigenvalue weighted by Gasteiger charge is 2.30. The summed E-state index contributed by atoms with van der Waals surface area (Å²) in [6.07, 6.45) is 0.302. The zero-order valence-electron chi connectivity index (χ0n) is 18.4. The maximum absolute atomic E-state index is 12.4. The molecular formula is C22H35N3O4. The van der Waals surface area contributed by atoms with Crippen molar-refractivity contribution < 1.29 is 19.4 Å². The number of hydrogen-bond donors (Lipinski definition) is 1. The molecule has 162 valence electrons. The lowest BCUT2D eigenvalue weighted by Gasteiger charge is -2.41. The first-order valence-electron chi connectivity index (χ1n) is 10.5. The van der Waals surface area contributed by atoms with Crippen molar-refractivity contribution in [3.63, 3.8) is 0 Å². The van der Waals surface area contributed by atoms with Crippen molar-refractivity contribution in [2.24, 2.45) is 0 Å². The largest absolute Gasteiger partial charge is 0.444 e. The van der Waals surface area contributed by atoms with Crippen molar-refractivity contribution in [2.45, 2.75) is 58.5 Å². The van der Waals surface area contributed by atoms with Crippen LogP contribution in [0.1, 0.15) is 39.7 Å². The summed E-state index contributed by atoms with van der Waals surface area (Å²) in [5.74, 6) is 0. The van der Waals surface area contributed by atoms with Crippen molar-refractivity contribution >= 4 is 17.5 Å². The van der Waals surface area contributed by atoms with Crippen LogP contribution in [0.3, 0.4) is 0 Å². The van der Waals surface area contributed by atoms with Crippen LogP contribution in [0.2, 0.25) is 0 Å². The van der Waals surface area contributed by atoms with Gasteiger partial charge in [-0.2, -0.15) is 0 Å². The van der Waals surface area contributed by atoms with E-state index in [0.717, 1.165) is 36.4 Å². The number of ether oxygens (including phenoxy) is 2. The second-order valence-corrected chi connectivity index (χ2v) is 9.10. The van der Waals surface area contributed by atoms with E-state index in [4.69, 9.17) is 9.47 Å². The molecule has 0 aromatic heterocycles. The van der Waals surface area contributed by atoms with Crippen molar-refractivity contribution in [3.8, 4) is 0 Å². The summed E-state index contributed by atoms with van der Waals surface area (Å²) in [4.78, 5) is 18.8. The van der Waals surface area contributed by atoms with Gasteiger partial charge in [-0.25, -0.2) is 4.79 Å². The van der Waals surface area contributed by atoms with Crippen LogP contribution in [-0.2, 0) is 16.1 Å². The standard InChI is InChI=1S/C22H35N3O4/c1-16-13-24(21(27)29-22(2,3)4)10-11-25(16)18-6-7-20(17(12-18)15-28-5)23-9-8-19(26)14-23/h6-7,12,16,19,26H,8-11,13-15H2,1-5H3/t16-,19+/m1/s1. The number of anilines is 2. The molecule has 2 saturated heterocycles. The van der Waals surface area contributed by atoms with E-state index in [1.807, 2.05) is 20.8 Å². The zero-order valence-corrected chi connectivity index (χ0v) is 18.4. The molecule has 2 heterocycles. The minimum absolute atomic E-state index is 0.186. The van der Waals surface area contributed by atoms with Crippen LogP contribution in [-0.4, -0.2) is 73.7 Å². The van der Waals surface area contributed by atoms with Gasteiger partial charge in [0.2, 0.25) is 0 Å². The summed E-state index contributed by atoms with van der Waals surface area (Å²) in [5, 5.41) is 9.89. The summed E-state index contributed by atoms with van der Waals surface area (Å²) in [5.41, 5.74) is 2.91. The van der Waals surface area contributed by atoms with Crippen molar-refractivity contribution in [2.75, 3.05) is 49.6 Å². The first-order valence-corrected chi connectivity index (χ1v) is 10.5. The molecule has 7 heteroatoms. The Morgan fingerprint density at radius 1 is 1.21 bits per heavy atom. The number of benzene rings is 1. The number of methoxy groups -OCH3 is 1. The molecule has 7 nitrogen and oxygen atoms in total. The van der Waals surface area contributed by atoms with E-state index in [2.05, 4.69) is 34.9 Å². The molecule has 0 spiro atoms. The SMILES string of the molecule is COCc1cc(N2CCN(C(=O)OC(C)(C)C)C[C@H]2C)ccc1N1CC[C@H](O)C1. The number of carbonyl (C=O) groups is 1. The molecule has 2 fully saturated rings. The molecule has 2 atom stereocenters. The molecule has 0 saturated carbocycles. The number of aliphatic hydroxyl groups is 1. The highest BCUT2D eigenvalue weighted by molar-refractivity contribution is 5.69. The Bertz CT molecular complexity index is 718. The van der Waals surface area contributed by atoms with E-state index in [1.165, 1.54) is 0 Å². The lowest BCUT2D eigenvalue weighted by atomic mass is 10.1. The normalized spacial score (nSPS) is 22.9. The number of amides is 1. The Hall–Kier alpha value is -1.99. The molecule has 1 aromatic carbocycles. The number of rotatable bonds is 4. The molecular weight excluding hydrogens is 370 g/mol. The fourth-order valence-corrected chi connectivity index (χ4v) is 4.12. The van der Waals surface area contributed by atoms with Crippen LogP contribution in [0.4, 0.5) is 16.2 Å². The zero-order chi connectivity index (χ0) is 21.2. The first kappa shape index (κ1) is 21.7. The van der Waals surface area contributed by atoms with Crippen LogP contribution in [0.15, 0.2) is 18.2 Å². The topological polar surface area (TPSA) is 65.5 Å². The van der Waals surface area contributed by atoms with E-state index in [-0.39, 0.29) is 18.2 Å². The third-order valence-electron chi connectivity index (χ3n) is 5.48. The van der Waals surface area contributed by atoms with E-state index in [0.29, 0.717) is 26.2 Å². The second kappa shape index (κ2) is 8.79. The maximum Gasteiger partial charge on any atom is 0.410 e. The van der Waals surface area contributed by atoms with Gasteiger partial charge in [0.25, 0.3) is 0 Å². The van der Waals surface area contributed by atoms with E-state index in [9.17, 15) is 9.90 Å². The van der Waals surface area contributed by atoms with Crippen LogP contribution < -0.4 is 9.80 Å². The number of nitrogens with zero attached hydrogens (tertiary/aromatic N) is 3. The van der Waals surface area contributed by atoms with Gasteiger partial charge in [-0.3, -0.25) is 0 Å². The molecule has 0 bridgehead atoms. The first-order chi connectivity index (χ1) is 13.7. The van der Waals surface area contributed by atoms with Gasteiger partial charge < -0.3 is 29.3 Å². The van der Waals surface area contributed by atoms with Crippen molar-refractivity contribution in [3.05, 3.63) is 23.8 Å². The van der Waals surface area contributed by atoms with Crippen LogP contribution in [0.5, 0.6) is 0 Å². The van der Waals surface area contributed by atoms with Crippen LogP contribution >= 0.6 is 0 Å². The molecule has 1 amide bonds. The third-order valence-corrected chi connectivity index (χ3v) is 5.48. The van der Waals surface area contributed by atoms with Gasteiger partial charge in [0.05, 0.1) is 12.7 Å². The molecule has 0 radical (unpaired) electrons. The number of aliphatic hydroxyl groups excluding tert-OH is 1. The van der Waals surface area contributed by atoms with Gasteiger partial charge in [0.15, 0.2) is 0 Å².